The minimum Gasteiger partial charge on any atom is -0.362 e. The van der Waals surface area contributed by atoms with Crippen molar-refractivity contribution in [2.75, 3.05) is 5.32 Å². The lowest BCUT2D eigenvalue weighted by Gasteiger charge is -2.39. The van der Waals surface area contributed by atoms with Crippen LogP contribution in [-0.2, 0) is 9.59 Å². The molecule has 0 bridgehead atoms. The maximum absolute atomic E-state index is 13.3. The zero-order valence-electron chi connectivity index (χ0n) is 17.0. The molecule has 1 atom stereocenters. The van der Waals surface area contributed by atoms with E-state index in [2.05, 4.69) is 29.5 Å². The number of aromatic nitrogens is 1. The van der Waals surface area contributed by atoms with Gasteiger partial charge in [0.25, 0.3) is 5.91 Å². The fraction of sp³-hybridized carbons (Fsp3) is 0.292. The van der Waals surface area contributed by atoms with Crippen LogP contribution in [0.4, 0.5) is 5.69 Å². The first-order valence-electron chi connectivity index (χ1n) is 9.86. The van der Waals surface area contributed by atoms with Crippen molar-refractivity contribution in [1.29, 1.82) is 0 Å². The van der Waals surface area contributed by atoms with E-state index in [4.69, 9.17) is 0 Å². The maximum Gasteiger partial charge on any atom is 0.254 e. The van der Waals surface area contributed by atoms with Crippen LogP contribution in [-0.4, -0.2) is 16.7 Å². The molecule has 2 N–H and O–H groups in total. The van der Waals surface area contributed by atoms with Crippen molar-refractivity contribution >= 4 is 17.4 Å². The van der Waals surface area contributed by atoms with Crippen LogP contribution in [0.15, 0.2) is 77.4 Å². The van der Waals surface area contributed by atoms with Gasteiger partial charge in [-0.05, 0) is 36.5 Å². The van der Waals surface area contributed by atoms with Gasteiger partial charge in [0.05, 0.1) is 11.9 Å². The molecule has 5 nitrogen and oxygen atoms in total. The van der Waals surface area contributed by atoms with Crippen molar-refractivity contribution in [3.63, 3.8) is 0 Å². The number of amides is 1. The van der Waals surface area contributed by atoms with Crippen LogP contribution in [0.2, 0.25) is 0 Å². The molecule has 2 heterocycles. The summed E-state index contributed by atoms with van der Waals surface area (Å²) >= 11 is 0. The first-order chi connectivity index (χ1) is 13.9. The Bertz CT molecular complexity index is 1020. The Morgan fingerprint density at radius 3 is 2.59 bits per heavy atom. The Kier molecular flexibility index (Phi) is 4.82. The molecule has 29 heavy (non-hydrogen) atoms. The summed E-state index contributed by atoms with van der Waals surface area (Å²) in [7, 11) is 0. The molecule has 0 fully saturated rings. The number of benzene rings is 1. The van der Waals surface area contributed by atoms with Crippen molar-refractivity contribution in [2.24, 2.45) is 5.41 Å². The van der Waals surface area contributed by atoms with Gasteiger partial charge in [-0.1, -0.05) is 44.2 Å². The summed E-state index contributed by atoms with van der Waals surface area (Å²) < 4.78 is 0. The number of nitrogens with zero attached hydrogens (tertiary/aromatic N) is 1. The lowest BCUT2D eigenvalue weighted by atomic mass is 9.68. The third-order valence-electron chi connectivity index (χ3n) is 5.54. The molecule has 0 saturated carbocycles. The summed E-state index contributed by atoms with van der Waals surface area (Å²) in [6.07, 6.45) is 4.54. The van der Waals surface area contributed by atoms with Gasteiger partial charge in [-0.2, -0.15) is 0 Å². The predicted octanol–water partition coefficient (Wildman–Crippen LogP) is 4.32. The first-order valence-corrected chi connectivity index (χ1v) is 9.86. The van der Waals surface area contributed by atoms with E-state index in [0.717, 1.165) is 29.0 Å². The second-order valence-corrected chi connectivity index (χ2v) is 8.54. The third kappa shape index (κ3) is 3.73. The number of pyridine rings is 1. The molecule has 1 aromatic carbocycles. The number of anilines is 1. The second-order valence-electron chi connectivity index (χ2n) is 8.54. The summed E-state index contributed by atoms with van der Waals surface area (Å²) in [6.45, 7) is 6.12. The van der Waals surface area contributed by atoms with Gasteiger partial charge in [-0.3, -0.25) is 14.6 Å². The van der Waals surface area contributed by atoms with E-state index in [1.807, 2.05) is 37.3 Å². The molecule has 0 spiro atoms. The molecule has 4 rings (SSSR count). The van der Waals surface area contributed by atoms with Crippen molar-refractivity contribution < 1.29 is 9.59 Å². The van der Waals surface area contributed by atoms with Crippen molar-refractivity contribution in [2.45, 2.75) is 39.5 Å². The molecular weight excluding hydrogens is 362 g/mol. The van der Waals surface area contributed by atoms with E-state index in [1.54, 1.807) is 24.5 Å². The van der Waals surface area contributed by atoms with Gasteiger partial charge in [-0.25, -0.2) is 0 Å². The Labute approximate surface area is 170 Å². The molecular formula is C24H25N3O2. The average Bonchev–Trinajstić information content (AvgIpc) is 2.67. The summed E-state index contributed by atoms with van der Waals surface area (Å²) in [5.74, 6) is -0.495. The molecule has 148 valence electrons. The summed E-state index contributed by atoms with van der Waals surface area (Å²) in [4.78, 5) is 30.6. The zero-order chi connectivity index (χ0) is 20.6. The molecule has 0 unspecified atom stereocenters. The molecule has 1 aliphatic carbocycles. The average molecular weight is 387 g/mol. The maximum atomic E-state index is 13.3. The number of hydrogen-bond acceptors (Lipinski definition) is 4. The van der Waals surface area contributed by atoms with Gasteiger partial charge < -0.3 is 10.6 Å². The van der Waals surface area contributed by atoms with Crippen molar-refractivity contribution in [1.82, 2.24) is 10.3 Å². The predicted molar refractivity (Wildman–Crippen MR) is 113 cm³/mol. The van der Waals surface area contributed by atoms with Gasteiger partial charge >= 0.3 is 0 Å². The summed E-state index contributed by atoms with van der Waals surface area (Å²) in [5.41, 5.74) is 4.50. The summed E-state index contributed by atoms with van der Waals surface area (Å²) in [6, 6.07) is 13.4. The highest BCUT2D eigenvalue weighted by molar-refractivity contribution is 6.09. The van der Waals surface area contributed by atoms with E-state index in [9.17, 15) is 9.59 Å². The number of rotatable bonds is 3. The number of dihydropyridines is 1. The number of hydrogen-bond donors (Lipinski definition) is 2. The van der Waals surface area contributed by atoms with Gasteiger partial charge in [0.2, 0.25) is 0 Å². The Morgan fingerprint density at radius 1 is 1.14 bits per heavy atom. The summed E-state index contributed by atoms with van der Waals surface area (Å²) in [5, 5.41) is 6.32. The van der Waals surface area contributed by atoms with E-state index in [-0.39, 0.29) is 23.0 Å². The van der Waals surface area contributed by atoms with Crippen LogP contribution in [0.25, 0.3) is 0 Å². The fourth-order valence-electron chi connectivity index (χ4n) is 4.35. The number of nitrogens with one attached hydrogen (secondary N) is 2. The molecule has 5 heteroatoms. The minimum absolute atomic E-state index is 0.0973. The highest BCUT2D eigenvalue weighted by Crippen LogP contribution is 2.46. The number of ketones is 1. The minimum atomic E-state index is -0.382. The molecule has 1 amide bonds. The molecule has 0 saturated heterocycles. The highest BCUT2D eigenvalue weighted by atomic mass is 16.2. The smallest absolute Gasteiger partial charge is 0.254 e. The quantitative estimate of drug-likeness (QED) is 0.823. The van der Waals surface area contributed by atoms with Crippen molar-refractivity contribution in [3.05, 3.63) is 83.0 Å². The van der Waals surface area contributed by atoms with E-state index >= 15 is 0 Å². The number of carbonyl (C=O) groups excluding carboxylic acids is 2. The second kappa shape index (κ2) is 7.32. The van der Waals surface area contributed by atoms with Crippen molar-refractivity contribution in [3.8, 4) is 0 Å². The Hall–Kier alpha value is -3.21. The number of carbonyl (C=O) groups is 2. The first kappa shape index (κ1) is 19.1. The molecule has 1 aromatic heterocycles. The molecule has 2 aromatic rings. The van der Waals surface area contributed by atoms with Crippen LogP contribution in [0.3, 0.4) is 0 Å². The standard InChI is InChI=1S/C24H25N3O2/c1-15-20(23(29)27-17-10-7-11-25-14-17)21(16-8-5-4-6-9-16)22-18(26-15)12-24(2,3)13-19(22)28/h4-11,14,21,26H,12-13H2,1-3H3,(H,27,29)/t21-/m1/s1. The number of allylic oxidation sites excluding steroid dienone is 3. The van der Waals surface area contributed by atoms with E-state index in [0.29, 0.717) is 17.7 Å². The monoisotopic (exact) mass is 387 g/mol. The van der Waals surface area contributed by atoms with Crippen LogP contribution in [0.1, 0.15) is 45.1 Å². The third-order valence-corrected chi connectivity index (χ3v) is 5.54. The Morgan fingerprint density at radius 2 is 1.90 bits per heavy atom. The number of Topliss-reactive ketones (excluding diaryl/α,β-unsaturated/α-hetero) is 1. The largest absolute Gasteiger partial charge is 0.362 e. The van der Waals surface area contributed by atoms with Crippen LogP contribution in [0.5, 0.6) is 0 Å². The highest BCUT2D eigenvalue weighted by Gasteiger charge is 2.42. The van der Waals surface area contributed by atoms with Crippen LogP contribution >= 0.6 is 0 Å². The Balaban J connectivity index is 1.80. The topological polar surface area (TPSA) is 71.1 Å². The fourth-order valence-corrected chi connectivity index (χ4v) is 4.35. The van der Waals surface area contributed by atoms with E-state index < -0.39 is 0 Å². The molecule has 2 aliphatic rings. The van der Waals surface area contributed by atoms with Gasteiger partial charge in [-0.15, -0.1) is 0 Å². The lowest BCUT2D eigenvalue weighted by Crippen LogP contribution is -2.39. The van der Waals surface area contributed by atoms with Crippen LogP contribution < -0.4 is 10.6 Å². The SMILES string of the molecule is CC1=C(C(=O)Nc2cccnc2)[C@@H](c2ccccc2)C2=C(CC(C)(C)CC2=O)N1. The van der Waals surface area contributed by atoms with Gasteiger partial charge in [0, 0.05) is 41.1 Å². The van der Waals surface area contributed by atoms with Gasteiger partial charge in [0.1, 0.15) is 0 Å². The van der Waals surface area contributed by atoms with Gasteiger partial charge in [0.15, 0.2) is 5.78 Å². The molecule has 1 aliphatic heterocycles. The van der Waals surface area contributed by atoms with E-state index in [1.165, 1.54) is 0 Å². The molecule has 0 radical (unpaired) electrons. The zero-order valence-corrected chi connectivity index (χ0v) is 17.0. The van der Waals surface area contributed by atoms with Crippen LogP contribution in [0, 0.1) is 5.41 Å². The normalized spacial score (nSPS) is 20.8. The lowest BCUT2D eigenvalue weighted by molar-refractivity contribution is -0.118.